The molecule has 1 aromatic carbocycles. The van der Waals surface area contributed by atoms with Crippen LogP contribution in [0.4, 0.5) is 0 Å². The molecule has 2 aromatic rings. The molecule has 3 rings (SSSR count). The zero-order valence-electron chi connectivity index (χ0n) is 10.6. The number of hydrogen-bond donors (Lipinski definition) is 1. The number of hydrogen-bond acceptors (Lipinski definition) is 2. The van der Waals surface area contributed by atoms with Gasteiger partial charge in [0.15, 0.2) is 0 Å². The SMILES string of the molecule is Cc1nc2c(C(=O)O)cccc2n1C(C)C1CC1. The van der Waals surface area contributed by atoms with Crippen LogP contribution in [0.3, 0.4) is 0 Å². The average molecular weight is 244 g/mol. The van der Waals surface area contributed by atoms with E-state index in [0.29, 0.717) is 11.6 Å². The summed E-state index contributed by atoms with van der Waals surface area (Å²) in [5, 5.41) is 9.19. The number of carboxylic acid groups (broad SMARTS) is 1. The van der Waals surface area contributed by atoms with Gasteiger partial charge in [-0.25, -0.2) is 9.78 Å². The lowest BCUT2D eigenvalue weighted by atomic mass is 10.1. The van der Waals surface area contributed by atoms with Gasteiger partial charge in [0, 0.05) is 6.04 Å². The first-order valence-corrected chi connectivity index (χ1v) is 6.30. The Morgan fingerprint density at radius 2 is 2.22 bits per heavy atom. The summed E-state index contributed by atoms with van der Waals surface area (Å²) in [5.74, 6) is 0.706. The van der Waals surface area contributed by atoms with Crippen molar-refractivity contribution in [3.63, 3.8) is 0 Å². The van der Waals surface area contributed by atoms with Gasteiger partial charge in [0.2, 0.25) is 0 Å². The lowest BCUT2D eigenvalue weighted by Gasteiger charge is -2.15. The van der Waals surface area contributed by atoms with E-state index in [1.54, 1.807) is 12.1 Å². The first-order chi connectivity index (χ1) is 8.59. The molecule has 4 heteroatoms. The van der Waals surface area contributed by atoms with Gasteiger partial charge in [0.05, 0.1) is 11.1 Å². The Bertz CT molecular complexity index is 626. The fourth-order valence-corrected chi connectivity index (χ4v) is 2.71. The topological polar surface area (TPSA) is 55.1 Å². The lowest BCUT2D eigenvalue weighted by Crippen LogP contribution is -2.08. The average Bonchev–Trinajstić information content (AvgIpc) is 3.10. The molecule has 1 saturated carbocycles. The quantitative estimate of drug-likeness (QED) is 0.902. The van der Waals surface area contributed by atoms with Crippen LogP contribution in [0.2, 0.25) is 0 Å². The Kier molecular flexibility index (Phi) is 2.40. The predicted molar refractivity (Wildman–Crippen MR) is 68.9 cm³/mol. The van der Waals surface area contributed by atoms with Crippen molar-refractivity contribution >= 4 is 17.0 Å². The molecule has 1 fully saturated rings. The van der Waals surface area contributed by atoms with Crippen LogP contribution in [0.5, 0.6) is 0 Å². The lowest BCUT2D eigenvalue weighted by molar-refractivity contribution is 0.0699. The summed E-state index contributed by atoms with van der Waals surface area (Å²) >= 11 is 0. The first kappa shape index (κ1) is 11.3. The van der Waals surface area contributed by atoms with E-state index in [4.69, 9.17) is 0 Å². The minimum Gasteiger partial charge on any atom is -0.478 e. The third-order valence-corrected chi connectivity index (χ3v) is 3.84. The number of benzene rings is 1. The van der Waals surface area contributed by atoms with Crippen molar-refractivity contribution in [1.82, 2.24) is 9.55 Å². The zero-order chi connectivity index (χ0) is 12.9. The number of fused-ring (bicyclic) bond motifs is 1. The number of rotatable bonds is 3. The van der Waals surface area contributed by atoms with Gasteiger partial charge in [-0.3, -0.25) is 0 Å². The van der Waals surface area contributed by atoms with Gasteiger partial charge in [0.1, 0.15) is 11.3 Å². The number of imidazole rings is 1. The molecule has 4 nitrogen and oxygen atoms in total. The predicted octanol–water partition coefficient (Wildman–Crippen LogP) is 3.01. The number of aromatic carboxylic acids is 1. The maximum absolute atomic E-state index is 11.2. The van der Waals surface area contributed by atoms with Crippen LogP contribution in [0.1, 0.15) is 42.0 Å². The highest BCUT2D eigenvalue weighted by Crippen LogP contribution is 2.41. The molecule has 1 atom stereocenters. The molecule has 18 heavy (non-hydrogen) atoms. The summed E-state index contributed by atoms with van der Waals surface area (Å²) < 4.78 is 2.18. The van der Waals surface area contributed by atoms with E-state index in [0.717, 1.165) is 17.3 Å². The molecule has 1 unspecified atom stereocenters. The third-order valence-electron chi connectivity index (χ3n) is 3.84. The fraction of sp³-hybridized carbons (Fsp3) is 0.429. The van der Waals surface area contributed by atoms with E-state index in [2.05, 4.69) is 16.5 Å². The van der Waals surface area contributed by atoms with Crippen molar-refractivity contribution in [2.24, 2.45) is 5.92 Å². The molecule has 0 radical (unpaired) electrons. The Labute approximate surface area is 105 Å². The van der Waals surface area contributed by atoms with Crippen LogP contribution in [0.15, 0.2) is 18.2 Å². The summed E-state index contributed by atoms with van der Waals surface area (Å²) in [6, 6.07) is 5.77. The Morgan fingerprint density at radius 1 is 1.50 bits per heavy atom. The van der Waals surface area contributed by atoms with Crippen LogP contribution in [-0.4, -0.2) is 20.6 Å². The summed E-state index contributed by atoms with van der Waals surface area (Å²) in [4.78, 5) is 15.6. The maximum Gasteiger partial charge on any atom is 0.337 e. The monoisotopic (exact) mass is 244 g/mol. The van der Waals surface area contributed by atoms with Gasteiger partial charge in [-0.1, -0.05) is 6.07 Å². The molecule has 1 aliphatic carbocycles. The second-order valence-electron chi connectivity index (χ2n) is 5.09. The van der Waals surface area contributed by atoms with E-state index in [1.165, 1.54) is 12.8 Å². The molecule has 0 aliphatic heterocycles. The normalized spacial score (nSPS) is 17.0. The molecular weight excluding hydrogens is 228 g/mol. The largest absolute Gasteiger partial charge is 0.478 e. The number of aromatic nitrogens is 2. The second-order valence-corrected chi connectivity index (χ2v) is 5.09. The highest BCUT2D eigenvalue weighted by molar-refractivity contribution is 6.01. The Hall–Kier alpha value is -1.84. The van der Waals surface area contributed by atoms with Gasteiger partial charge in [0.25, 0.3) is 0 Å². The highest BCUT2D eigenvalue weighted by atomic mass is 16.4. The molecule has 0 amide bonds. The fourth-order valence-electron chi connectivity index (χ4n) is 2.71. The van der Waals surface area contributed by atoms with Gasteiger partial charge in [-0.15, -0.1) is 0 Å². The zero-order valence-corrected chi connectivity index (χ0v) is 10.6. The van der Waals surface area contributed by atoms with Gasteiger partial charge in [-0.2, -0.15) is 0 Å². The number of aryl methyl sites for hydroxylation is 1. The summed E-state index contributed by atoms with van der Waals surface area (Å²) in [6.07, 6.45) is 2.53. The highest BCUT2D eigenvalue weighted by Gasteiger charge is 2.31. The molecule has 0 spiro atoms. The summed E-state index contributed by atoms with van der Waals surface area (Å²) in [7, 11) is 0. The van der Waals surface area contributed by atoms with Crippen molar-refractivity contribution in [3.8, 4) is 0 Å². The van der Waals surface area contributed by atoms with Gasteiger partial charge in [-0.05, 0) is 44.7 Å². The number of para-hydroxylation sites is 1. The molecule has 0 bridgehead atoms. The van der Waals surface area contributed by atoms with E-state index >= 15 is 0 Å². The van der Waals surface area contributed by atoms with Gasteiger partial charge >= 0.3 is 5.97 Å². The van der Waals surface area contributed by atoms with Crippen LogP contribution in [-0.2, 0) is 0 Å². The molecular formula is C14H16N2O2. The molecule has 94 valence electrons. The molecule has 1 aliphatic rings. The van der Waals surface area contributed by atoms with Crippen LogP contribution >= 0.6 is 0 Å². The minimum atomic E-state index is -0.913. The van der Waals surface area contributed by atoms with Crippen LogP contribution in [0, 0.1) is 12.8 Å². The van der Waals surface area contributed by atoms with Crippen molar-refractivity contribution < 1.29 is 9.90 Å². The van der Waals surface area contributed by atoms with Crippen LogP contribution in [0.25, 0.3) is 11.0 Å². The van der Waals surface area contributed by atoms with Crippen molar-refractivity contribution in [3.05, 3.63) is 29.6 Å². The van der Waals surface area contributed by atoms with Crippen LogP contribution < -0.4 is 0 Å². The van der Waals surface area contributed by atoms with Gasteiger partial charge < -0.3 is 9.67 Å². The Morgan fingerprint density at radius 3 is 2.83 bits per heavy atom. The van der Waals surface area contributed by atoms with E-state index in [9.17, 15) is 9.90 Å². The molecule has 1 heterocycles. The maximum atomic E-state index is 11.2. The molecule has 0 saturated heterocycles. The van der Waals surface area contributed by atoms with Crippen molar-refractivity contribution in [2.45, 2.75) is 32.7 Å². The Balaban J connectivity index is 2.23. The van der Waals surface area contributed by atoms with E-state index in [1.807, 2.05) is 13.0 Å². The minimum absolute atomic E-state index is 0.289. The molecule has 1 N–H and O–H groups in total. The smallest absolute Gasteiger partial charge is 0.337 e. The summed E-state index contributed by atoms with van der Waals surface area (Å²) in [5.41, 5.74) is 1.83. The van der Waals surface area contributed by atoms with Crippen molar-refractivity contribution in [1.29, 1.82) is 0 Å². The number of carboxylic acids is 1. The summed E-state index contributed by atoms with van der Waals surface area (Å²) in [6.45, 7) is 4.14. The molecule has 1 aromatic heterocycles. The third kappa shape index (κ3) is 1.60. The second kappa shape index (κ2) is 3.83. The van der Waals surface area contributed by atoms with E-state index in [-0.39, 0.29) is 5.56 Å². The standard InChI is InChI=1S/C14H16N2O2/c1-8(10-6-7-10)16-9(2)15-13-11(14(17)18)4-3-5-12(13)16/h3-5,8,10H,6-7H2,1-2H3,(H,17,18). The first-order valence-electron chi connectivity index (χ1n) is 6.30. The van der Waals surface area contributed by atoms with E-state index < -0.39 is 5.97 Å². The number of nitrogens with zero attached hydrogens (tertiary/aromatic N) is 2. The van der Waals surface area contributed by atoms with Crippen molar-refractivity contribution in [2.75, 3.05) is 0 Å². The number of carbonyl (C=O) groups is 1.